The largest absolute Gasteiger partial charge is 0.469 e. The molecule has 0 aliphatic heterocycles. The van der Waals surface area contributed by atoms with E-state index in [2.05, 4.69) is 0 Å². The van der Waals surface area contributed by atoms with Crippen LogP contribution in [-0.4, -0.2) is 31.5 Å². The highest BCUT2D eigenvalue weighted by Gasteiger charge is 2.51. The molecule has 2 rings (SSSR count). The first kappa shape index (κ1) is 12.4. The Morgan fingerprint density at radius 2 is 2.06 bits per heavy atom. The van der Waals surface area contributed by atoms with Gasteiger partial charge in [0.2, 0.25) is 0 Å². The number of esters is 2. The third-order valence-corrected chi connectivity index (χ3v) is 4.20. The maximum atomic E-state index is 11.7. The molecule has 0 saturated heterocycles. The number of rotatable bonds is 2. The van der Waals surface area contributed by atoms with E-state index >= 15 is 0 Å². The number of fused-ring (bicyclic) bond motifs is 1. The molecule has 0 amide bonds. The van der Waals surface area contributed by atoms with Crippen LogP contribution in [0.1, 0.15) is 12.8 Å². The fourth-order valence-electron chi connectivity index (χ4n) is 2.98. The lowest BCUT2D eigenvalue weighted by Crippen LogP contribution is -2.26. The number of hydrogen-bond donors (Lipinski definition) is 0. The van der Waals surface area contributed by atoms with Gasteiger partial charge in [0.05, 0.1) is 20.1 Å². The maximum absolute atomic E-state index is 11.7. The minimum absolute atomic E-state index is 0.0362. The highest BCUT2D eigenvalue weighted by atomic mass is 35.5. The summed E-state index contributed by atoms with van der Waals surface area (Å²) in [7, 11) is 2.73. The third-order valence-electron chi connectivity index (χ3n) is 3.75. The van der Waals surface area contributed by atoms with Gasteiger partial charge in [-0.25, -0.2) is 4.79 Å². The summed E-state index contributed by atoms with van der Waals surface area (Å²) in [4.78, 5) is 23.2. The van der Waals surface area contributed by atoms with E-state index in [1.807, 2.05) is 6.08 Å². The van der Waals surface area contributed by atoms with Gasteiger partial charge in [0.15, 0.2) is 0 Å². The molecule has 0 heterocycles. The fraction of sp³-hybridized carbons (Fsp3) is 0.667. The molecule has 0 radical (unpaired) electrons. The lowest BCUT2D eigenvalue weighted by Gasteiger charge is -2.18. The van der Waals surface area contributed by atoms with Gasteiger partial charge in [0, 0.05) is 11.0 Å². The number of alkyl halides is 1. The number of methoxy groups -OCH3 is 2. The topological polar surface area (TPSA) is 52.6 Å². The molecule has 2 unspecified atom stereocenters. The summed E-state index contributed by atoms with van der Waals surface area (Å²) < 4.78 is 9.51. The van der Waals surface area contributed by atoms with Gasteiger partial charge < -0.3 is 9.47 Å². The Morgan fingerprint density at radius 1 is 1.35 bits per heavy atom. The van der Waals surface area contributed by atoms with Crippen LogP contribution in [0.5, 0.6) is 0 Å². The van der Waals surface area contributed by atoms with E-state index in [1.54, 1.807) is 0 Å². The Morgan fingerprint density at radius 3 is 2.65 bits per heavy atom. The molecule has 0 N–H and O–H groups in total. The normalized spacial score (nSPS) is 35.1. The highest BCUT2D eigenvalue weighted by molar-refractivity contribution is 6.22. The maximum Gasteiger partial charge on any atom is 0.333 e. The van der Waals surface area contributed by atoms with Gasteiger partial charge in [0.25, 0.3) is 0 Å². The number of carbonyl (C=O) groups excluding carboxylic acids is 2. The first-order chi connectivity index (χ1) is 8.10. The molecule has 1 fully saturated rings. The molecule has 1 saturated carbocycles. The van der Waals surface area contributed by atoms with E-state index < -0.39 is 0 Å². The summed E-state index contributed by atoms with van der Waals surface area (Å²) >= 11 is 6.19. The average Bonchev–Trinajstić information content (AvgIpc) is 2.84. The van der Waals surface area contributed by atoms with Crippen LogP contribution in [0.25, 0.3) is 0 Å². The summed E-state index contributed by atoms with van der Waals surface area (Å²) in [5.41, 5.74) is 0.662. The monoisotopic (exact) mass is 258 g/mol. The Bertz CT molecular complexity index is 377. The average molecular weight is 259 g/mol. The number of hydrogen-bond acceptors (Lipinski definition) is 4. The quantitative estimate of drug-likeness (QED) is 0.557. The van der Waals surface area contributed by atoms with Gasteiger partial charge in [-0.05, 0) is 24.7 Å². The Balaban J connectivity index is 2.17. The van der Waals surface area contributed by atoms with Crippen molar-refractivity contribution in [2.45, 2.75) is 18.2 Å². The summed E-state index contributed by atoms with van der Waals surface area (Å²) in [5, 5.41) is -0.259. The molecule has 17 heavy (non-hydrogen) atoms. The summed E-state index contributed by atoms with van der Waals surface area (Å²) in [6, 6.07) is 0. The second-order valence-electron chi connectivity index (χ2n) is 4.46. The van der Waals surface area contributed by atoms with Gasteiger partial charge in [-0.15, -0.1) is 11.6 Å². The van der Waals surface area contributed by atoms with Crippen LogP contribution in [0.2, 0.25) is 0 Å². The summed E-state index contributed by atoms with van der Waals surface area (Å²) in [6.07, 6.45) is 3.19. The van der Waals surface area contributed by atoms with Gasteiger partial charge in [-0.1, -0.05) is 6.08 Å². The van der Waals surface area contributed by atoms with Gasteiger partial charge in [-0.2, -0.15) is 0 Å². The first-order valence-electron chi connectivity index (χ1n) is 5.60. The van der Waals surface area contributed by atoms with Crippen LogP contribution in [-0.2, 0) is 19.1 Å². The van der Waals surface area contributed by atoms with Crippen molar-refractivity contribution in [3.05, 3.63) is 11.6 Å². The molecule has 0 spiro atoms. The van der Waals surface area contributed by atoms with Crippen molar-refractivity contribution in [2.75, 3.05) is 14.2 Å². The number of allylic oxidation sites excluding steroid dienone is 1. The van der Waals surface area contributed by atoms with Crippen LogP contribution in [0.3, 0.4) is 0 Å². The van der Waals surface area contributed by atoms with E-state index in [-0.39, 0.29) is 35.1 Å². The van der Waals surface area contributed by atoms with Crippen molar-refractivity contribution in [1.82, 2.24) is 0 Å². The SMILES string of the molecule is COC(=O)C1=CCC2C1C[C@H](Cl)[C@@H]2C(=O)OC. The molecule has 0 bridgehead atoms. The standard InChI is InChI=1S/C12H15ClO4/c1-16-11(14)7-4-3-6-8(7)5-9(13)10(6)12(15)17-2/h4,6,8-10H,3,5H2,1-2H3/t6?,8?,9-,10+/m0/s1. The predicted octanol–water partition coefficient (Wildman–Crippen LogP) is 1.52. The molecule has 2 aliphatic carbocycles. The molecule has 5 heteroatoms. The molecule has 0 aromatic carbocycles. The molecule has 94 valence electrons. The van der Waals surface area contributed by atoms with Crippen molar-refractivity contribution in [3.63, 3.8) is 0 Å². The molecular formula is C12H15ClO4. The van der Waals surface area contributed by atoms with E-state index in [1.165, 1.54) is 14.2 Å². The minimum atomic E-state index is -0.315. The molecule has 2 aliphatic rings. The zero-order valence-corrected chi connectivity index (χ0v) is 10.6. The lowest BCUT2D eigenvalue weighted by molar-refractivity contribution is -0.146. The smallest absolute Gasteiger partial charge is 0.333 e. The molecular weight excluding hydrogens is 244 g/mol. The van der Waals surface area contributed by atoms with E-state index in [9.17, 15) is 9.59 Å². The Kier molecular flexibility index (Phi) is 3.43. The predicted molar refractivity (Wildman–Crippen MR) is 61.5 cm³/mol. The van der Waals surface area contributed by atoms with Crippen LogP contribution in [0.4, 0.5) is 0 Å². The first-order valence-corrected chi connectivity index (χ1v) is 6.04. The fourth-order valence-corrected chi connectivity index (χ4v) is 3.46. The summed E-state index contributed by atoms with van der Waals surface area (Å²) in [5.74, 6) is -0.790. The van der Waals surface area contributed by atoms with Crippen molar-refractivity contribution in [1.29, 1.82) is 0 Å². The second-order valence-corrected chi connectivity index (χ2v) is 5.02. The van der Waals surface area contributed by atoms with E-state index in [0.29, 0.717) is 18.4 Å². The second kappa shape index (κ2) is 4.69. The van der Waals surface area contributed by atoms with Crippen molar-refractivity contribution in [3.8, 4) is 0 Å². The van der Waals surface area contributed by atoms with E-state index in [4.69, 9.17) is 21.1 Å². The van der Waals surface area contributed by atoms with Crippen LogP contribution >= 0.6 is 11.6 Å². The lowest BCUT2D eigenvalue weighted by atomic mass is 9.89. The van der Waals surface area contributed by atoms with Crippen LogP contribution in [0.15, 0.2) is 11.6 Å². The van der Waals surface area contributed by atoms with Crippen LogP contribution in [0, 0.1) is 17.8 Å². The zero-order chi connectivity index (χ0) is 12.6. The molecule has 4 nitrogen and oxygen atoms in total. The molecule has 4 atom stereocenters. The Labute approximate surface area is 105 Å². The van der Waals surface area contributed by atoms with Gasteiger partial charge in [0.1, 0.15) is 0 Å². The summed E-state index contributed by atoms with van der Waals surface area (Å²) in [6.45, 7) is 0. The van der Waals surface area contributed by atoms with Crippen LogP contribution < -0.4 is 0 Å². The molecule has 0 aromatic rings. The van der Waals surface area contributed by atoms with Crippen molar-refractivity contribution >= 4 is 23.5 Å². The number of carbonyl (C=O) groups is 2. The van der Waals surface area contributed by atoms with Gasteiger partial charge in [-0.3, -0.25) is 4.79 Å². The van der Waals surface area contributed by atoms with Crippen molar-refractivity contribution in [2.24, 2.45) is 17.8 Å². The zero-order valence-electron chi connectivity index (χ0n) is 9.81. The number of ether oxygens (including phenoxy) is 2. The third kappa shape index (κ3) is 1.95. The highest BCUT2D eigenvalue weighted by Crippen LogP contribution is 2.50. The van der Waals surface area contributed by atoms with Crippen molar-refractivity contribution < 1.29 is 19.1 Å². The van der Waals surface area contributed by atoms with E-state index in [0.717, 1.165) is 0 Å². The minimum Gasteiger partial charge on any atom is -0.469 e. The number of halogens is 1. The molecule has 0 aromatic heterocycles. The van der Waals surface area contributed by atoms with Gasteiger partial charge >= 0.3 is 11.9 Å². The Hall–Kier alpha value is -1.03.